The van der Waals surface area contributed by atoms with Gasteiger partial charge in [0.2, 0.25) is 5.78 Å². The van der Waals surface area contributed by atoms with Gasteiger partial charge in [0.25, 0.3) is 5.56 Å². The lowest BCUT2D eigenvalue weighted by Gasteiger charge is -2.19. The van der Waals surface area contributed by atoms with Crippen molar-refractivity contribution < 1.29 is 4.79 Å². The number of carbonyl (C=O) groups excluding carboxylic acids is 1. The summed E-state index contributed by atoms with van der Waals surface area (Å²) < 4.78 is 1.45. The molecule has 0 unspecified atom stereocenters. The van der Waals surface area contributed by atoms with Gasteiger partial charge < -0.3 is 0 Å². The van der Waals surface area contributed by atoms with Crippen LogP contribution in [0.4, 0.5) is 0 Å². The van der Waals surface area contributed by atoms with Crippen LogP contribution in [0.15, 0.2) is 82.4 Å². The molecule has 0 amide bonds. The second kappa shape index (κ2) is 9.08. The minimum atomic E-state index is -0.589. The molecule has 0 radical (unpaired) electrons. The molecule has 0 saturated heterocycles. The Balaban J connectivity index is 1.83. The van der Waals surface area contributed by atoms with Gasteiger partial charge in [-0.25, -0.2) is 4.79 Å². The fourth-order valence-corrected chi connectivity index (χ4v) is 5.20. The van der Waals surface area contributed by atoms with Gasteiger partial charge in [0.05, 0.1) is 6.54 Å². The third-order valence-electron chi connectivity index (χ3n) is 6.71. The highest BCUT2D eigenvalue weighted by atomic mass is 16.2. The van der Waals surface area contributed by atoms with Crippen LogP contribution in [-0.2, 0) is 6.54 Å². The number of aromatic amines is 1. The van der Waals surface area contributed by atoms with Crippen LogP contribution in [0.3, 0.4) is 0 Å². The summed E-state index contributed by atoms with van der Waals surface area (Å²) in [6, 6.07) is 23.8. The monoisotopic (exact) mass is 476 g/mol. The maximum atomic E-state index is 14.0. The van der Waals surface area contributed by atoms with E-state index in [9.17, 15) is 14.4 Å². The van der Waals surface area contributed by atoms with E-state index < -0.39 is 11.2 Å². The largest absolute Gasteiger partial charge is 0.329 e. The number of nitrogens with one attached hydrogen (secondary N) is 1. The van der Waals surface area contributed by atoms with Crippen molar-refractivity contribution in [1.82, 2.24) is 9.55 Å². The van der Waals surface area contributed by atoms with Gasteiger partial charge in [-0.2, -0.15) is 0 Å². The van der Waals surface area contributed by atoms with Crippen molar-refractivity contribution in [3.63, 3.8) is 0 Å². The van der Waals surface area contributed by atoms with Crippen molar-refractivity contribution in [3.8, 4) is 0 Å². The maximum absolute atomic E-state index is 14.0. The number of hydrogen-bond donors (Lipinski definition) is 1. The normalized spacial score (nSPS) is 11.5. The quantitative estimate of drug-likeness (QED) is 0.255. The molecule has 0 aliphatic carbocycles. The Morgan fingerprint density at radius 3 is 1.94 bits per heavy atom. The number of ketones is 1. The van der Waals surface area contributed by atoms with E-state index in [1.807, 2.05) is 94.4 Å². The summed E-state index contributed by atoms with van der Waals surface area (Å²) in [5.41, 5.74) is 2.67. The number of H-pyrrole nitrogens is 1. The summed E-state index contributed by atoms with van der Waals surface area (Å²) in [6.45, 7) is 7.75. The Morgan fingerprint density at radius 2 is 1.39 bits per heavy atom. The predicted molar refractivity (Wildman–Crippen MR) is 145 cm³/mol. The lowest BCUT2D eigenvalue weighted by molar-refractivity contribution is 0.102. The highest BCUT2D eigenvalue weighted by Crippen LogP contribution is 2.30. The minimum Gasteiger partial charge on any atom is -0.287 e. The second-order valence-electron chi connectivity index (χ2n) is 9.77. The van der Waals surface area contributed by atoms with E-state index in [4.69, 9.17) is 0 Å². The Labute approximate surface area is 209 Å². The standard InChI is InChI=1S/C31H28N2O3/c1-18(2)27-28(29(34)23-14-19(3)13-20(4)15-23)33(31(36)32-30(27)35)17-26-24-11-7-5-9-21(24)16-22-10-6-8-12-25(22)26/h5-16,18H,17H2,1-4H3,(H,32,35,36). The van der Waals surface area contributed by atoms with Crippen LogP contribution in [0.2, 0.25) is 0 Å². The summed E-state index contributed by atoms with van der Waals surface area (Å²) in [6.07, 6.45) is 0. The number of rotatable bonds is 5. The molecule has 1 aromatic heterocycles. The van der Waals surface area contributed by atoms with Crippen molar-refractivity contribution in [3.05, 3.63) is 127 Å². The zero-order valence-corrected chi connectivity index (χ0v) is 20.9. The van der Waals surface area contributed by atoms with Crippen LogP contribution >= 0.6 is 0 Å². The first kappa shape index (κ1) is 23.5. The number of hydrogen-bond acceptors (Lipinski definition) is 3. The van der Waals surface area contributed by atoms with Gasteiger partial charge in [-0.1, -0.05) is 79.6 Å². The van der Waals surface area contributed by atoms with E-state index in [0.717, 1.165) is 38.2 Å². The van der Waals surface area contributed by atoms with Crippen molar-refractivity contribution >= 4 is 27.3 Å². The molecule has 0 fully saturated rings. The molecule has 36 heavy (non-hydrogen) atoms. The van der Waals surface area contributed by atoms with Gasteiger partial charge in [-0.15, -0.1) is 0 Å². The molecule has 1 heterocycles. The van der Waals surface area contributed by atoms with E-state index in [1.54, 1.807) is 0 Å². The average molecular weight is 477 g/mol. The number of fused-ring (bicyclic) bond motifs is 2. The third kappa shape index (κ3) is 4.07. The predicted octanol–water partition coefficient (Wildman–Crippen LogP) is 5.86. The summed E-state index contributed by atoms with van der Waals surface area (Å²) in [4.78, 5) is 42.8. The van der Waals surface area contributed by atoms with Gasteiger partial charge in [-0.3, -0.25) is 19.1 Å². The first-order valence-electron chi connectivity index (χ1n) is 12.1. The Hall–Kier alpha value is -4.25. The summed E-state index contributed by atoms with van der Waals surface area (Å²) in [5.74, 6) is -0.576. The van der Waals surface area contributed by atoms with Gasteiger partial charge in [0.1, 0.15) is 5.69 Å². The van der Waals surface area contributed by atoms with Crippen LogP contribution < -0.4 is 11.2 Å². The zero-order valence-electron chi connectivity index (χ0n) is 20.9. The van der Waals surface area contributed by atoms with Gasteiger partial charge >= 0.3 is 5.69 Å². The van der Waals surface area contributed by atoms with E-state index in [1.165, 1.54) is 4.57 Å². The van der Waals surface area contributed by atoms with E-state index >= 15 is 0 Å². The number of nitrogens with zero attached hydrogens (tertiary/aromatic N) is 1. The molecular weight excluding hydrogens is 448 g/mol. The molecule has 0 saturated carbocycles. The molecule has 0 spiro atoms. The smallest absolute Gasteiger partial charge is 0.287 e. The Bertz CT molecular complexity index is 1700. The number of aryl methyl sites for hydroxylation is 2. The molecule has 0 aliphatic rings. The van der Waals surface area contributed by atoms with Crippen LogP contribution in [0.25, 0.3) is 21.5 Å². The first-order valence-corrected chi connectivity index (χ1v) is 12.1. The topological polar surface area (TPSA) is 71.9 Å². The lowest BCUT2D eigenvalue weighted by atomic mass is 9.94. The van der Waals surface area contributed by atoms with Crippen molar-refractivity contribution in [2.45, 2.75) is 40.2 Å². The van der Waals surface area contributed by atoms with Gasteiger partial charge in [-0.05, 0) is 65.1 Å². The van der Waals surface area contributed by atoms with Crippen LogP contribution in [0, 0.1) is 13.8 Å². The SMILES string of the molecule is Cc1cc(C)cc(C(=O)c2c(C(C)C)c(=O)[nH]c(=O)n2Cc2c3ccccc3cc3ccccc23)c1. The maximum Gasteiger partial charge on any atom is 0.329 e. The highest BCUT2D eigenvalue weighted by molar-refractivity contribution is 6.09. The molecule has 5 nitrogen and oxygen atoms in total. The third-order valence-corrected chi connectivity index (χ3v) is 6.71. The molecule has 1 N–H and O–H groups in total. The van der Waals surface area contributed by atoms with Crippen LogP contribution in [-0.4, -0.2) is 15.3 Å². The number of aromatic nitrogens is 2. The fraction of sp³-hybridized carbons (Fsp3) is 0.194. The molecule has 5 heteroatoms. The van der Waals surface area contributed by atoms with E-state index in [0.29, 0.717) is 11.1 Å². The Kier molecular flexibility index (Phi) is 5.92. The molecule has 5 aromatic rings. The zero-order chi connectivity index (χ0) is 25.6. The van der Waals surface area contributed by atoms with E-state index in [2.05, 4.69) is 11.1 Å². The Morgan fingerprint density at radius 1 is 0.833 bits per heavy atom. The van der Waals surface area contributed by atoms with Gasteiger partial charge in [0, 0.05) is 11.1 Å². The van der Waals surface area contributed by atoms with Gasteiger partial charge in [0.15, 0.2) is 0 Å². The fourth-order valence-electron chi connectivity index (χ4n) is 5.20. The summed E-state index contributed by atoms with van der Waals surface area (Å²) >= 11 is 0. The summed E-state index contributed by atoms with van der Waals surface area (Å²) in [5, 5.41) is 4.11. The molecule has 4 aromatic carbocycles. The molecule has 0 aliphatic heterocycles. The summed E-state index contributed by atoms with van der Waals surface area (Å²) in [7, 11) is 0. The first-order chi connectivity index (χ1) is 17.2. The number of carbonyl (C=O) groups is 1. The lowest BCUT2D eigenvalue weighted by Crippen LogP contribution is -2.38. The van der Waals surface area contributed by atoms with Crippen LogP contribution in [0.5, 0.6) is 0 Å². The van der Waals surface area contributed by atoms with Crippen molar-refractivity contribution in [2.75, 3.05) is 0 Å². The molecule has 0 bridgehead atoms. The van der Waals surface area contributed by atoms with Crippen molar-refractivity contribution in [1.29, 1.82) is 0 Å². The van der Waals surface area contributed by atoms with E-state index in [-0.39, 0.29) is 23.9 Å². The second-order valence-corrected chi connectivity index (χ2v) is 9.77. The minimum absolute atomic E-state index is 0.153. The molecular formula is C31H28N2O3. The van der Waals surface area contributed by atoms with Crippen LogP contribution in [0.1, 0.15) is 58.1 Å². The molecule has 0 atom stereocenters. The highest BCUT2D eigenvalue weighted by Gasteiger charge is 2.25. The number of benzene rings is 4. The van der Waals surface area contributed by atoms with Crippen molar-refractivity contribution in [2.24, 2.45) is 0 Å². The molecule has 180 valence electrons. The molecule has 5 rings (SSSR count). The average Bonchev–Trinajstić information content (AvgIpc) is 2.83.